The summed E-state index contributed by atoms with van der Waals surface area (Å²) in [4.78, 5) is 18.4. The number of aromatic nitrogens is 3. The third kappa shape index (κ3) is 2.40. The van der Waals surface area contributed by atoms with Crippen molar-refractivity contribution in [2.45, 2.75) is 18.8 Å². The zero-order valence-electron chi connectivity index (χ0n) is 12.9. The number of hydrogen-bond acceptors (Lipinski definition) is 4. The second-order valence-electron chi connectivity index (χ2n) is 5.88. The van der Waals surface area contributed by atoms with Crippen molar-refractivity contribution < 1.29 is 4.79 Å². The molecule has 120 valence electrons. The van der Waals surface area contributed by atoms with Gasteiger partial charge >= 0.3 is 0 Å². The fourth-order valence-corrected chi connectivity index (χ4v) is 2.84. The zero-order valence-corrected chi connectivity index (χ0v) is 12.9. The maximum absolute atomic E-state index is 13.0. The van der Waals surface area contributed by atoms with E-state index in [0.717, 1.165) is 29.4 Å². The van der Waals surface area contributed by atoms with Crippen LogP contribution in [0.2, 0.25) is 0 Å². The van der Waals surface area contributed by atoms with Gasteiger partial charge in [0.15, 0.2) is 5.96 Å². The van der Waals surface area contributed by atoms with E-state index in [2.05, 4.69) is 15.2 Å². The van der Waals surface area contributed by atoms with Crippen molar-refractivity contribution in [3.05, 3.63) is 54.0 Å². The summed E-state index contributed by atoms with van der Waals surface area (Å²) in [5, 5.41) is 15.6. The van der Waals surface area contributed by atoms with Gasteiger partial charge in [-0.25, -0.2) is 4.90 Å². The van der Waals surface area contributed by atoms with Gasteiger partial charge in [0, 0.05) is 17.5 Å². The summed E-state index contributed by atoms with van der Waals surface area (Å²) in [6, 6.07) is 9.09. The fraction of sp³-hybridized carbons (Fsp3) is 0.176. The van der Waals surface area contributed by atoms with E-state index in [1.807, 2.05) is 18.2 Å². The minimum Gasteiger partial charge on any atom is -0.369 e. The molecule has 1 fully saturated rings. The van der Waals surface area contributed by atoms with Crippen LogP contribution in [0, 0.1) is 5.41 Å². The van der Waals surface area contributed by atoms with Crippen molar-refractivity contribution in [2.75, 3.05) is 4.90 Å². The maximum atomic E-state index is 13.0. The second kappa shape index (κ2) is 5.45. The van der Waals surface area contributed by atoms with Crippen molar-refractivity contribution in [1.29, 1.82) is 5.41 Å². The molecule has 0 unspecified atom stereocenters. The average Bonchev–Trinajstić information content (AvgIpc) is 3.31. The van der Waals surface area contributed by atoms with E-state index < -0.39 is 0 Å². The fourth-order valence-electron chi connectivity index (χ4n) is 2.84. The number of nitrogens with one attached hydrogen (secondary N) is 2. The monoisotopic (exact) mass is 320 g/mol. The van der Waals surface area contributed by atoms with Crippen LogP contribution in [0.5, 0.6) is 0 Å². The lowest BCUT2D eigenvalue weighted by Gasteiger charge is -2.21. The van der Waals surface area contributed by atoms with Crippen LogP contribution in [0.4, 0.5) is 5.69 Å². The van der Waals surface area contributed by atoms with E-state index in [0.29, 0.717) is 17.2 Å². The molecule has 4 N–H and O–H groups in total. The lowest BCUT2D eigenvalue weighted by atomic mass is 10.1. The van der Waals surface area contributed by atoms with Gasteiger partial charge < -0.3 is 5.73 Å². The molecule has 1 aliphatic rings. The molecule has 7 heteroatoms. The van der Waals surface area contributed by atoms with Crippen LogP contribution in [-0.4, -0.2) is 27.0 Å². The highest BCUT2D eigenvalue weighted by atomic mass is 16.2. The molecule has 1 amide bonds. The Bertz CT molecular complexity index is 943. The minimum absolute atomic E-state index is 0.328. The summed E-state index contributed by atoms with van der Waals surface area (Å²) in [6.07, 6.45) is 5.31. The quantitative estimate of drug-likeness (QED) is 0.508. The largest absolute Gasteiger partial charge is 0.369 e. The molecule has 7 nitrogen and oxygen atoms in total. The van der Waals surface area contributed by atoms with Gasteiger partial charge in [-0.1, -0.05) is 6.07 Å². The first-order chi connectivity index (χ1) is 11.6. The highest BCUT2D eigenvalue weighted by molar-refractivity contribution is 6.21. The average molecular weight is 320 g/mol. The predicted molar refractivity (Wildman–Crippen MR) is 91.0 cm³/mol. The van der Waals surface area contributed by atoms with Crippen molar-refractivity contribution in [3.63, 3.8) is 0 Å². The van der Waals surface area contributed by atoms with Crippen LogP contribution in [0.15, 0.2) is 42.7 Å². The molecule has 0 saturated heterocycles. The minimum atomic E-state index is -0.346. The molecule has 0 spiro atoms. The normalized spacial score (nSPS) is 13.8. The van der Waals surface area contributed by atoms with Gasteiger partial charge in [0.1, 0.15) is 0 Å². The van der Waals surface area contributed by atoms with Crippen molar-refractivity contribution in [3.8, 4) is 0 Å². The number of anilines is 1. The highest BCUT2D eigenvalue weighted by Crippen LogP contribution is 2.40. The number of H-pyrrole nitrogens is 1. The van der Waals surface area contributed by atoms with E-state index in [4.69, 9.17) is 11.1 Å². The van der Waals surface area contributed by atoms with Gasteiger partial charge in [-0.2, -0.15) is 5.10 Å². The second-order valence-corrected chi connectivity index (χ2v) is 5.88. The summed E-state index contributed by atoms with van der Waals surface area (Å²) in [5.41, 5.74) is 8.36. The zero-order chi connectivity index (χ0) is 16.7. The van der Waals surface area contributed by atoms with Crippen LogP contribution in [0.25, 0.3) is 10.9 Å². The molecule has 4 rings (SSSR count). The summed E-state index contributed by atoms with van der Waals surface area (Å²) >= 11 is 0. The van der Waals surface area contributed by atoms with Crippen molar-refractivity contribution in [2.24, 2.45) is 5.73 Å². The summed E-state index contributed by atoms with van der Waals surface area (Å²) in [6.45, 7) is 0. The molecule has 2 aromatic heterocycles. The number of benzene rings is 1. The molecule has 0 bridgehead atoms. The molecule has 0 atom stereocenters. The Morgan fingerprint density at radius 2 is 2.17 bits per heavy atom. The molecule has 1 aliphatic carbocycles. The molecular formula is C17H16N6O. The van der Waals surface area contributed by atoms with E-state index >= 15 is 0 Å². The van der Waals surface area contributed by atoms with E-state index in [1.54, 1.807) is 18.3 Å². The number of nitrogens with zero attached hydrogens (tertiary/aromatic N) is 3. The Morgan fingerprint density at radius 3 is 2.92 bits per heavy atom. The van der Waals surface area contributed by atoms with Crippen LogP contribution in [0.3, 0.4) is 0 Å². The Kier molecular flexibility index (Phi) is 3.26. The Morgan fingerprint density at radius 1 is 1.33 bits per heavy atom. The van der Waals surface area contributed by atoms with Gasteiger partial charge in [0.25, 0.3) is 5.91 Å². The van der Waals surface area contributed by atoms with Crippen molar-refractivity contribution >= 4 is 28.5 Å². The number of hydrogen-bond donors (Lipinski definition) is 3. The number of fused-ring (bicyclic) bond motifs is 1. The van der Waals surface area contributed by atoms with E-state index in [9.17, 15) is 4.79 Å². The lowest BCUT2D eigenvalue weighted by Crippen LogP contribution is -2.41. The summed E-state index contributed by atoms with van der Waals surface area (Å²) in [7, 11) is 0. The van der Waals surface area contributed by atoms with Crippen LogP contribution in [-0.2, 0) is 0 Å². The van der Waals surface area contributed by atoms with E-state index in [-0.39, 0.29) is 11.9 Å². The Balaban J connectivity index is 1.76. The van der Waals surface area contributed by atoms with Gasteiger partial charge in [0.2, 0.25) is 0 Å². The third-order valence-electron chi connectivity index (χ3n) is 4.17. The summed E-state index contributed by atoms with van der Waals surface area (Å²) in [5.74, 6) is -0.325. The number of pyridine rings is 1. The number of amides is 1. The summed E-state index contributed by atoms with van der Waals surface area (Å²) < 4.78 is 0. The van der Waals surface area contributed by atoms with Crippen LogP contribution < -0.4 is 10.6 Å². The predicted octanol–water partition coefficient (Wildman–Crippen LogP) is 2.38. The smallest absolute Gasteiger partial charge is 0.268 e. The molecular weight excluding hydrogens is 304 g/mol. The maximum Gasteiger partial charge on any atom is 0.268 e. The molecule has 1 aromatic carbocycles. The number of rotatable bonds is 3. The van der Waals surface area contributed by atoms with Crippen LogP contribution >= 0.6 is 0 Å². The van der Waals surface area contributed by atoms with Crippen molar-refractivity contribution in [1.82, 2.24) is 15.2 Å². The Hall–Kier alpha value is -3.22. The standard InChI is InChI=1S/C17H16N6O/c18-17(19)23(12-5-6-14-11(8-12)2-1-7-20-14)16(24)13-9-21-22-15(13)10-3-4-10/h1-2,5-10H,3-4H2,(H3,18,19)(H,21,22). The first kappa shape index (κ1) is 14.4. The number of aromatic amines is 1. The first-order valence-corrected chi connectivity index (χ1v) is 7.71. The van der Waals surface area contributed by atoms with Crippen LogP contribution in [0.1, 0.15) is 34.8 Å². The van der Waals surface area contributed by atoms with Gasteiger partial charge in [-0.05, 0) is 37.1 Å². The SMILES string of the molecule is N=C(N)N(C(=O)c1cn[nH]c1C1CC1)c1ccc2ncccc2c1. The van der Waals surface area contributed by atoms with Gasteiger partial charge in [0.05, 0.1) is 28.7 Å². The topological polar surface area (TPSA) is 112 Å². The number of carbonyl (C=O) groups excluding carboxylic acids is 1. The molecule has 3 aromatic rings. The van der Waals surface area contributed by atoms with Gasteiger partial charge in [-0.3, -0.25) is 20.3 Å². The van der Waals surface area contributed by atoms with E-state index in [1.165, 1.54) is 11.1 Å². The highest BCUT2D eigenvalue weighted by Gasteiger charge is 2.32. The molecule has 0 radical (unpaired) electrons. The third-order valence-corrected chi connectivity index (χ3v) is 4.17. The molecule has 1 saturated carbocycles. The number of nitrogens with two attached hydrogens (primary N) is 1. The molecule has 2 heterocycles. The number of guanidine groups is 1. The molecule has 0 aliphatic heterocycles. The lowest BCUT2D eigenvalue weighted by molar-refractivity contribution is 0.100. The first-order valence-electron chi connectivity index (χ1n) is 7.71. The molecule has 24 heavy (non-hydrogen) atoms. The number of carbonyl (C=O) groups is 1. The van der Waals surface area contributed by atoms with Gasteiger partial charge in [-0.15, -0.1) is 0 Å². The Labute approximate surface area is 138 Å².